The summed E-state index contributed by atoms with van der Waals surface area (Å²) in [6, 6.07) is 16.0. The van der Waals surface area contributed by atoms with Gasteiger partial charge in [-0.1, -0.05) is 30.3 Å². The third-order valence-electron chi connectivity index (χ3n) is 5.02. The number of para-hydroxylation sites is 1. The highest BCUT2D eigenvalue weighted by Crippen LogP contribution is 2.45. The highest BCUT2D eigenvalue weighted by atomic mass is 19.4. The summed E-state index contributed by atoms with van der Waals surface area (Å²) in [4.78, 5) is 10.5. The van der Waals surface area contributed by atoms with Crippen LogP contribution in [0.25, 0.3) is 11.0 Å². The van der Waals surface area contributed by atoms with Crippen LogP contribution in [0.5, 0.6) is 0 Å². The largest absolute Gasteiger partial charge is 0.416 e. The SMILES string of the molecule is NC1=NC(c2ccccc2C(F)(F)F)N(c2n[nH]c3cccnc23)c2ccccc21. The van der Waals surface area contributed by atoms with Crippen LogP contribution in [0.2, 0.25) is 0 Å². The lowest BCUT2D eigenvalue weighted by atomic mass is 10.00. The molecule has 1 aliphatic rings. The zero-order chi connectivity index (χ0) is 20.9. The quantitative estimate of drug-likeness (QED) is 0.510. The molecular formula is C21H15F3N6. The maximum atomic E-state index is 13.8. The van der Waals surface area contributed by atoms with Crippen LogP contribution >= 0.6 is 0 Å². The predicted octanol–water partition coefficient (Wildman–Crippen LogP) is 4.53. The fraction of sp³-hybridized carbons (Fsp3) is 0.0952. The van der Waals surface area contributed by atoms with E-state index in [9.17, 15) is 13.2 Å². The maximum absolute atomic E-state index is 13.8. The van der Waals surface area contributed by atoms with Crippen molar-refractivity contribution in [2.75, 3.05) is 4.90 Å². The summed E-state index contributed by atoms with van der Waals surface area (Å²) in [7, 11) is 0. The minimum Gasteiger partial charge on any atom is -0.383 e. The third kappa shape index (κ3) is 2.78. The summed E-state index contributed by atoms with van der Waals surface area (Å²) in [5, 5.41) is 7.25. The van der Waals surface area contributed by atoms with Crippen molar-refractivity contribution in [3.8, 4) is 0 Å². The van der Waals surface area contributed by atoms with Gasteiger partial charge in [0.05, 0.1) is 16.8 Å². The molecule has 0 fully saturated rings. The molecular weight excluding hydrogens is 393 g/mol. The number of aromatic amines is 1. The predicted molar refractivity (Wildman–Crippen MR) is 107 cm³/mol. The van der Waals surface area contributed by atoms with E-state index >= 15 is 0 Å². The number of aliphatic imine (C=N–C) groups is 1. The van der Waals surface area contributed by atoms with Gasteiger partial charge in [-0.3, -0.25) is 15.0 Å². The topological polar surface area (TPSA) is 83.2 Å². The number of nitrogens with two attached hydrogens (primary N) is 1. The van der Waals surface area contributed by atoms with E-state index in [1.54, 1.807) is 53.6 Å². The van der Waals surface area contributed by atoms with E-state index in [4.69, 9.17) is 5.73 Å². The standard InChI is InChI=1S/C21H15F3N6/c22-21(23,24)14-8-3-1-6-12(14)19-27-18(25)13-7-2-4-10-16(13)30(19)20-17-15(28-29-20)9-5-11-26-17/h1-11,19H,(H2,25,27)(H,28,29). The summed E-state index contributed by atoms with van der Waals surface area (Å²) in [6.45, 7) is 0. The van der Waals surface area contributed by atoms with E-state index in [-0.39, 0.29) is 11.4 Å². The number of amidine groups is 1. The molecule has 5 rings (SSSR count). The van der Waals surface area contributed by atoms with Crippen LogP contribution in [0.3, 0.4) is 0 Å². The summed E-state index contributed by atoms with van der Waals surface area (Å²) in [5.74, 6) is 0.535. The fourth-order valence-corrected chi connectivity index (χ4v) is 3.72. The second-order valence-corrected chi connectivity index (χ2v) is 6.81. The molecule has 0 amide bonds. The Morgan fingerprint density at radius 3 is 2.57 bits per heavy atom. The highest BCUT2D eigenvalue weighted by Gasteiger charge is 2.39. The number of alkyl halides is 3. The molecule has 1 aliphatic heterocycles. The molecule has 6 nitrogen and oxygen atoms in total. The number of H-pyrrole nitrogens is 1. The van der Waals surface area contributed by atoms with Crippen molar-refractivity contribution in [3.05, 3.63) is 83.6 Å². The molecule has 2 aromatic carbocycles. The van der Waals surface area contributed by atoms with Crippen LogP contribution in [0.4, 0.5) is 24.7 Å². The van der Waals surface area contributed by atoms with Gasteiger partial charge in [0.25, 0.3) is 0 Å². The lowest BCUT2D eigenvalue weighted by molar-refractivity contribution is -0.138. The van der Waals surface area contributed by atoms with E-state index in [1.165, 1.54) is 12.1 Å². The molecule has 3 N–H and O–H groups in total. The van der Waals surface area contributed by atoms with Gasteiger partial charge in [-0.15, -0.1) is 0 Å². The summed E-state index contributed by atoms with van der Waals surface area (Å²) in [6.07, 6.45) is -4.01. The van der Waals surface area contributed by atoms with E-state index < -0.39 is 17.9 Å². The van der Waals surface area contributed by atoms with Crippen LogP contribution in [-0.2, 0) is 6.18 Å². The number of anilines is 2. The second kappa shape index (κ2) is 6.58. The van der Waals surface area contributed by atoms with Gasteiger partial charge in [-0.2, -0.15) is 18.3 Å². The number of halogens is 3. The summed E-state index contributed by atoms with van der Waals surface area (Å²) in [5.41, 5.74) is 7.77. The number of aromatic nitrogens is 3. The van der Waals surface area contributed by atoms with Crippen molar-refractivity contribution >= 4 is 28.4 Å². The Labute approximate surface area is 168 Å². The Morgan fingerprint density at radius 2 is 1.73 bits per heavy atom. The van der Waals surface area contributed by atoms with Gasteiger partial charge in [-0.25, -0.2) is 4.99 Å². The van der Waals surface area contributed by atoms with Gasteiger partial charge in [0.1, 0.15) is 11.4 Å². The lowest BCUT2D eigenvalue weighted by Crippen LogP contribution is -2.34. The van der Waals surface area contributed by atoms with E-state index in [0.29, 0.717) is 28.1 Å². The molecule has 3 heterocycles. The van der Waals surface area contributed by atoms with Crippen molar-refractivity contribution in [1.29, 1.82) is 0 Å². The first-order valence-electron chi connectivity index (χ1n) is 9.12. The Bertz CT molecular complexity index is 1280. The van der Waals surface area contributed by atoms with Crippen LogP contribution in [0.1, 0.15) is 22.9 Å². The van der Waals surface area contributed by atoms with Crippen LogP contribution in [-0.4, -0.2) is 21.0 Å². The zero-order valence-corrected chi connectivity index (χ0v) is 15.4. The number of pyridine rings is 1. The number of nitrogens with zero attached hydrogens (tertiary/aromatic N) is 4. The second-order valence-electron chi connectivity index (χ2n) is 6.81. The van der Waals surface area contributed by atoms with Crippen molar-refractivity contribution < 1.29 is 13.2 Å². The van der Waals surface area contributed by atoms with Gasteiger partial charge >= 0.3 is 6.18 Å². The average Bonchev–Trinajstić information content (AvgIpc) is 3.17. The number of nitrogens with one attached hydrogen (secondary N) is 1. The molecule has 4 aromatic rings. The van der Waals surface area contributed by atoms with E-state index in [0.717, 1.165) is 6.07 Å². The molecule has 0 bridgehead atoms. The first-order chi connectivity index (χ1) is 14.4. The minimum atomic E-state index is -4.55. The molecule has 0 radical (unpaired) electrons. The van der Waals surface area contributed by atoms with Crippen LogP contribution < -0.4 is 10.6 Å². The number of benzene rings is 2. The van der Waals surface area contributed by atoms with Gasteiger partial charge in [0.2, 0.25) is 0 Å². The first-order valence-corrected chi connectivity index (χ1v) is 9.12. The maximum Gasteiger partial charge on any atom is 0.416 e. The molecule has 0 saturated carbocycles. The number of hydrogen-bond donors (Lipinski definition) is 2. The zero-order valence-electron chi connectivity index (χ0n) is 15.4. The van der Waals surface area contributed by atoms with E-state index in [1.807, 2.05) is 0 Å². The first kappa shape index (κ1) is 18.2. The van der Waals surface area contributed by atoms with Crippen molar-refractivity contribution in [2.45, 2.75) is 12.3 Å². The smallest absolute Gasteiger partial charge is 0.383 e. The van der Waals surface area contributed by atoms with Crippen molar-refractivity contribution in [3.63, 3.8) is 0 Å². The molecule has 1 atom stereocenters. The van der Waals surface area contributed by atoms with Crippen LogP contribution in [0.15, 0.2) is 71.9 Å². The molecule has 150 valence electrons. The Kier molecular flexibility index (Phi) is 3.99. The molecule has 9 heteroatoms. The van der Waals surface area contributed by atoms with Gasteiger partial charge in [-0.05, 0) is 30.3 Å². The fourth-order valence-electron chi connectivity index (χ4n) is 3.72. The molecule has 2 aromatic heterocycles. The molecule has 30 heavy (non-hydrogen) atoms. The number of fused-ring (bicyclic) bond motifs is 2. The van der Waals surface area contributed by atoms with Gasteiger partial charge in [0, 0.05) is 17.3 Å². The highest BCUT2D eigenvalue weighted by molar-refractivity contribution is 6.06. The number of hydrogen-bond acceptors (Lipinski definition) is 5. The Hall–Kier alpha value is -3.88. The van der Waals surface area contributed by atoms with Crippen molar-refractivity contribution in [1.82, 2.24) is 15.2 Å². The van der Waals surface area contributed by atoms with Crippen molar-refractivity contribution in [2.24, 2.45) is 10.7 Å². The van der Waals surface area contributed by atoms with Gasteiger partial charge in [0.15, 0.2) is 12.0 Å². The lowest BCUT2D eigenvalue weighted by Gasteiger charge is -2.35. The summed E-state index contributed by atoms with van der Waals surface area (Å²) >= 11 is 0. The van der Waals surface area contributed by atoms with Crippen LogP contribution in [0, 0.1) is 0 Å². The van der Waals surface area contributed by atoms with Gasteiger partial charge < -0.3 is 5.73 Å². The number of rotatable bonds is 2. The molecule has 0 saturated heterocycles. The normalized spacial score (nSPS) is 16.4. The molecule has 0 aliphatic carbocycles. The Balaban J connectivity index is 1.80. The average molecular weight is 408 g/mol. The minimum absolute atomic E-state index is 0.0189. The Morgan fingerprint density at radius 1 is 0.967 bits per heavy atom. The molecule has 1 unspecified atom stereocenters. The van der Waals surface area contributed by atoms with E-state index in [2.05, 4.69) is 20.2 Å². The third-order valence-corrected chi connectivity index (χ3v) is 5.02. The monoisotopic (exact) mass is 408 g/mol. The molecule has 0 spiro atoms. The summed E-state index contributed by atoms with van der Waals surface area (Å²) < 4.78 is 41.4.